The molecule has 0 aromatic carbocycles. The molecular formula is C2H14NdO7. The van der Waals surface area contributed by atoms with E-state index >= 15 is 0 Å². The minimum absolute atomic E-state index is 0. The van der Waals surface area contributed by atoms with E-state index in [-0.39, 0.29) is 68.2 Å². The van der Waals surface area contributed by atoms with Gasteiger partial charge in [-0.1, -0.05) is 0 Å². The van der Waals surface area contributed by atoms with Crippen molar-refractivity contribution in [1.82, 2.24) is 0 Å². The van der Waals surface area contributed by atoms with Crippen LogP contribution in [-0.4, -0.2) is 38.5 Å². The fraction of sp³-hybridized carbons (Fsp3) is 0.500. The molecule has 11 N–H and O–H groups in total. The van der Waals surface area contributed by atoms with Crippen LogP contribution in [0.4, 0.5) is 0 Å². The third-order valence-electron chi connectivity index (χ3n) is 0. The molecule has 0 heterocycles. The van der Waals surface area contributed by atoms with Gasteiger partial charge in [0.2, 0.25) is 0 Å². The number of carbonyl (C=O) groups is 1. The van der Waals surface area contributed by atoms with Gasteiger partial charge < -0.3 is 32.5 Å². The first-order chi connectivity index (χ1) is 1.73. The molecular weight excluding hydrogens is 280 g/mol. The largest absolute Gasteiger partial charge is 0.481 e. The molecule has 0 saturated carbocycles. The van der Waals surface area contributed by atoms with E-state index in [4.69, 9.17) is 9.90 Å². The van der Waals surface area contributed by atoms with Crippen molar-refractivity contribution in [3.8, 4) is 0 Å². The van der Waals surface area contributed by atoms with Crippen LogP contribution in [0.3, 0.4) is 0 Å². The van der Waals surface area contributed by atoms with Crippen LogP contribution in [0, 0.1) is 40.8 Å². The topological polar surface area (TPSA) is 195 Å². The maximum Gasteiger partial charge on any atom is 0.300 e. The van der Waals surface area contributed by atoms with Crippen LogP contribution in [0.25, 0.3) is 0 Å². The van der Waals surface area contributed by atoms with Gasteiger partial charge in [-0.2, -0.15) is 0 Å². The molecule has 0 radical (unpaired) electrons. The van der Waals surface area contributed by atoms with Gasteiger partial charge >= 0.3 is 0 Å². The van der Waals surface area contributed by atoms with Crippen molar-refractivity contribution in [1.29, 1.82) is 0 Å². The zero-order chi connectivity index (χ0) is 3.58. The summed E-state index contributed by atoms with van der Waals surface area (Å²) in [6.07, 6.45) is 0. The van der Waals surface area contributed by atoms with Gasteiger partial charge in [0.25, 0.3) is 5.97 Å². The van der Waals surface area contributed by atoms with Gasteiger partial charge in [-0.15, -0.1) is 0 Å². The first-order valence-electron chi connectivity index (χ1n) is 0.928. The number of carboxylic acids is 1. The standard InChI is InChI=1S/C2H4O2.Nd.5H2O/c1-2(3)4;;;;;;/h1H3,(H,3,4);;5*1H2. The Labute approximate surface area is 90.5 Å². The maximum absolute atomic E-state index is 9.00. The van der Waals surface area contributed by atoms with Crippen LogP contribution in [-0.2, 0) is 4.79 Å². The Balaban J connectivity index is -0.00000000300. The first kappa shape index (κ1) is 75.0. The van der Waals surface area contributed by atoms with Crippen molar-refractivity contribution in [3.63, 3.8) is 0 Å². The number of aliphatic carboxylic acids is 1. The van der Waals surface area contributed by atoms with E-state index in [1.165, 1.54) is 0 Å². The summed E-state index contributed by atoms with van der Waals surface area (Å²) in [5.74, 6) is -0.833. The Morgan fingerprint density at radius 2 is 1.00 bits per heavy atom. The average molecular weight is 294 g/mol. The summed E-state index contributed by atoms with van der Waals surface area (Å²) in [7, 11) is 0. The number of carboxylic acid groups (broad SMARTS) is 1. The number of hydrogen-bond donors (Lipinski definition) is 1. The summed E-state index contributed by atoms with van der Waals surface area (Å²) in [5, 5.41) is 7.42. The van der Waals surface area contributed by atoms with Crippen molar-refractivity contribution < 1.29 is 78.1 Å². The molecule has 0 amide bonds. The second-order valence-corrected chi connectivity index (χ2v) is 0.519. The molecule has 0 aliphatic rings. The quantitative estimate of drug-likeness (QED) is 0.475. The first-order valence-corrected chi connectivity index (χ1v) is 0.928. The Morgan fingerprint density at radius 1 is 1.00 bits per heavy atom. The molecule has 0 unspecified atom stereocenters. The van der Waals surface area contributed by atoms with Gasteiger partial charge in [0.15, 0.2) is 0 Å². The Kier molecular flexibility index (Phi) is 409. The van der Waals surface area contributed by atoms with Crippen molar-refractivity contribution in [2.45, 2.75) is 6.92 Å². The van der Waals surface area contributed by atoms with E-state index in [0.717, 1.165) is 6.92 Å². The van der Waals surface area contributed by atoms with E-state index in [1.807, 2.05) is 0 Å². The third-order valence-corrected chi connectivity index (χ3v) is 0. The monoisotopic (exact) mass is 292 g/mol. The normalized spacial score (nSPS) is 2.50. The molecule has 7 nitrogen and oxygen atoms in total. The van der Waals surface area contributed by atoms with Crippen LogP contribution >= 0.6 is 0 Å². The Bertz CT molecular complexity index is 34.6. The van der Waals surface area contributed by atoms with Crippen LogP contribution in [0.5, 0.6) is 0 Å². The molecule has 0 rings (SSSR count). The molecule has 0 spiro atoms. The zero-order valence-electron chi connectivity index (χ0n) is 5.36. The SMILES string of the molecule is CC(=O)O.O.O.O.O.O.[Nd]. The van der Waals surface area contributed by atoms with Crippen LogP contribution in [0.2, 0.25) is 0 Å². The molecule has 0 fully saturated rings. The minimum Gasteiger partial charge on any atom is -0.481 e. The minimum atomic E-state index is -0.833. The predicted octanol–water partition coefficient (Wildman–Crippen LogP) is -4.03. The molecule has 0 bridgehead atoms. The van der Waals surface area contributed by atoms with Gasteiger partial charge in [0.05, 0.1) is 0 Å². The fourth-order valence-electron chi connectivity index (χ4n) is 0. The number of hydrogen-bond acceptors (Lipinski definition) is 1. The summed E-state index contributed by atoms with van der Waals surface area (Å²) < 4.78 is 0. The van der Waals surface area contributed by atoms with E-state index in [2.05, 4.69) is 0 Å². The second kappa shape index (κ2) is 54.5. The van der Waals surface area contributed by atoms with Crippen molar-refractivity contribution in [3.05, 3.63) is 0 Å². The van der Waals surface area contributed by atoms with Crippen molar-refractivity contribution >= 4 is 5.97 Å². The van der Waals surface area contributed by atoms with E-state index in [0.29, 0.717) is 0 Å². The van der Waals surface area contributed by atoms with Crippen LogP contribution < -0.4 is 0 Å². The fourth-order valence-corrected chi connectivity index (χ4v) is 0. The van der Waals surface area contributed by atoms with Crippen molar-refractivity contribution in [2.24, 2.45) is 0 Å². The molecule has 0 atom stereocenters. The second-order valence-electron chi connectivity index (χ2n) is 0.519. The predicted molar refractivity (Wildman–Crippen MR) is 31.4 cm³/mol. The molecule has 0 aliphatic heterocycles. The summed E-state index contributed by atoms with van der Waals surface area (Å²) >= 11 is 0. The van der Waals surface area contributed by atoms with Crippen molar-refractivity contribution in [2.75, 3.05) is 0 Å². The zero-order valence-corrected chi connectivity index (χ0v) is 8.56. The molecule has 0 saturated heterocycles. The maximum atomic E-state index is 9.00. The Morgan fingerprint density at radius 3 is 1.00 bits per heavy atom. The van der Waals surface area contributed by atoms with Gasteiger partial charge in [0.1, 0.15) is 0 Å². The molecule has 10 heavy (non-hydrogen) atoms. The number of rotatable bonds is 0. The van der Waals surface area contributed by atoms with Gasteiger partial charge in [-0.25, -0.2) is 0 Å². The molecule has 68 valence electrons. The Hall–Kier alpha value is 0.621. The molecule has 8 heteroatoms. The van der Waals surface area contributed by atoms with Crippen LogP contribution in [0.1, 0.15) is 6.92 Å². The van der Waals surface area contributed by atoms with Gasteiger partial charge in [-0.05, 0) is 0 Å². The van der Waals surface area contributed by atoms with Gasteiger partial charge in [0, 0.05) is 47.8 Å². The summed E-state index contributed by atoms with van der Waals surface area (Å²) in [6.45, 7) is 1.08. The molecule has 0 aromatic rings. The molecule has 0 aromatic heterocycles. The van der Waals surface area contributed by atoms with Crippen LogP contribution in [0.15, 0.2) is 0 Å². The van der Waals surface area contributed by atoms with E-state index in [1.54, 1.807) is 0 Å². The van der Waals surface area contributed by atoms with Gasteiger partial charge in [-0.3, -0.25) is 4.79 Å². The summed E-state index contributed by atoms with van der Waals surface area (Å²) in [4.78, 5) is 9.00. The van der Waals surface area contributed by atoms with E-state index in [9.17, 15) is 0 Å². The summed E-state index contributed by atoms with van der Waals surface area (Å²) in [6, 6.07) is 0. The average Bonchev–Trinajstić information content (AvgIpc) is 0.811. The van der Waals surface area contributed by atoms with E-state index < -0.39 is 5.97 Å². The summed E-state index contributed by atoms with van der Waals surface area (Å²) in [5.41, 5.74) is 0. The molecule has 0 aliphatic carbocycles. The smallest absolute Gasteiger partial charge is 0.300 e. The third kappa shape index (κ3) is 1300.